The Bertz CT molecular complexity index is 299. The molecule has 0 radical (unpaired) electrons. The highest BCUT2D eigenvalue weighted by Crippen LogP contribution is 2.13. The van der Waals surface area contributed by atoms with Gasteiger partial charge in [0.1, 0.15) is 0 Å². The maximum absolute atomic E-state index is 9.40. The molecule has 0 saturated heterocycles. The predicted molar refractivity (Wildman–Crippen MR) is 83.5 cm³/mol. The third kappa shape index (κ3) is 7.89. The molecular weight excluding hydrogens is 234 g/mol. The number of aliphatic hydroxyl groups excluding tert-OH is 1. The van der Waals surface area contributed by atoms with Crippen molar-refractivity contribution in [1.82, 2.24) is 0 Å². The van der Waals surface area contributed by atoms with Crippen molar-refractivity contribution in [2.24, 2.45) is 0 Å². The van der Waals surface area contributed by atoms with E-state index in [2.05, 4.69) is 12.2 Å². The molecule has 0 saturated carbocycles. The average molecular weight is 263 g/mol. The van der Waals surface area contributed by atoms with Gasteiger partial charge >= 0.3 is 0 Å². The molecular formula is C17H29NO. The van der Waals surface area contributed by atoms with Crippen LogP contribution >= 0.6 is 0 Å². The number of anilines is 1. The summed E-state index contributed by atoms with van der Waals surface area (Å²) in [6, 6.07) is 10.3. The van der Waals surface area contributed by atoms with Crippen molar-refractivity contribution < 1.29 is 5.11 Å². The van der Waals surface area contributed by atoms with Gasteiger partial charge in [-0.1, -0.05) is 70.1 Å². The Morgan fingerprint density at radius 3 is 2.21 bits per heavy atom. The van der Waals surface area contributed by atoms with Gasteiger partial charge in [0, 0.05) is 11.7 Å². The number of rotatable bonds is 11. The van der Waals surface area contributed by atoms with Crippen molar-refractivity contribution in [2.75, 3.05) is 11.9 Å². The van der Waals surface area contributed by atoms with Gasteiger partial charge in [-0.25, -0.2) is 0 Å². The quantitative estimate of drug-likeness (QED) is 0.572. The minimum absolute atomic E-state index is 0.193. The van der Waals surface area contributed by atoms with Gasteiger partial charge in [0.25, 0.3) is 0 Å². The van der Waals surface area contributed by atoms with Crippen molar-refractivity contribution in [1.29, 1.82) is 0 Å². The molecule has 1 unspecified atom stereocenters. The molecule has 0 aromatic heterocycles. The molecule has 1 atom stereocenters. The number of hydrogen-bond donors (Lipinski definition) is 2. The minimum Gasteiger partial charge on any atom is -0.394 e. The molecule has 108 valence electrons. The van der Waals surface area contributed by atoms with Gasteiger partial charge in [-0.2, -0.15) is 0 Å². The van der Waals surface area contributed by atoms with Crippen LogP contribution in [0.1, 0.15) is 58.3 Å². The third-order valence-corrected chi connectivity index (χ3v) is 3.52. The Morgan fingerprint density at radius 2 is 1.58 bits per heavy atom. The zero-order valence-electron chi connectivity index (χ0n) is 12.3. The minimum atomic E-state index is 0.193. The lowest BCUT2D eigenvalue weighted by atomic mass is 10.1. The van der Waals surface area contributed by atoms with Gasteiger partial charge in [0.15, 0.2) is 0 Å². The van der Waals surface area contributed by atoms with Crippen LogP contribution in [-0.2, 0) is 0 Å². The Labute approximate surface area is 118 Å². The molecule has 0 aliphatic rings. The highest BCUT2D eigenvalue weighted by atomic mass is 16.3. The number of unbranched alkanes of at least 4 members (excludes halogenated alkanes) is 6. The fraction of sp³-hybridized carbons (Fsp3) is 0.647. The number of para-hydroxylation sites is 1. The summed E-state index contributed by atoms with van der Waals surface area (Å²) in [5.74, 6) is 0. The van der Waals surface area contributed by atoms with Crippen molar-refractivity contribution >= 4 is 5.69 Å². The molecule has 0 spiro atoms. The van der Waals surface area contributed by atoms with E-state index in [4.69, 9.17) is 0 Å². The van der Waals surface area contributed by atoms with Crippen LogP contribution in [0.4, 0.5) is 5.69 Å². The molecule has 0 aliphatic heterocycles. The summed E-state index contributed by atoms with van der Waals surface area (Å²) in [6.45, 7) is 2.46. The second kappa shape index (κ2) is 10.9. The van der Waals surface area contributed by atoms with E-state index in [0.717, 1.165) is 12.1 Å². The van der Waals surface area contributed by atoms with E-state index >= 15 is 0 Å². The van der Waals surface area contributed by atoms with Crippen LogP contribution in [0, 0.1) is 0 Å². The Balaban J connectivity index is 2.09. The molecule has 1 aromatic carbocycles. The van der Waals surface area contributed by atoms with Crippen molar-refractivity contribution in [3.05, 3.63) is 30.3 Å². The lowest BCUT2D eigenvalue weighted by Gasteiger charge is -2.17. The summed E-state index contributed by atoms with van der Waals surface area (Å²) in [7, 11) is 0. The first kappa shape index (κ1) is 16.0. The number of benzene rings is 1. The fourth-order valence-corrected chi connectivity index (χ4v) is 2.33. The standard InChI is InChI=1S/C17H29NO/c1-2-3-4-5-6-7-9-14-17(15-19)18-16-12-10-8-11-13-16/h8,10-13,17-19H,2-7,9,14-15H2,1H3. The van der Waals surface area contributed by atoms with Gasteiger partial charge in [0.05, 0.1) is 6.61 Å². The largest absolute Gasteiger partial charge is 0.394 e. The third-order valence-electron chi connectivity index (χ3n) is 3.52. The first-order chi connectivity index (χ1) is 9.36. The van der Waals surface area contributed by atoms with Gasteiger partial charge in [-0.3, -0.25) is 0 Å². The summed E-state index contributed by atoms with van der Waals surface area (Å²) < 4.78 is 0. The zero-order chi connectivity index (χ0) is 13.8. The Hall–Kier alpha value is -1.02. The van der Waals surface area contributed by atoms with E-state index in [1.807, 2.05) is 30.3 Å². The number of nitrogens with one attached hydrogen (secondary N) is 1. The van der Waals surface area contributed by atoms with E-state index in [-0.39, 0.29) is 12.6 Å². The van der Waals surface area contributed by atoms with E-state index in [0.29, 0.717) is 0 Å². The second-order valence-corrected chi connectivity index (χ2v) is 5.30. The second-order valence-electron chi connectivity index (χ2n) is 5.30. The maximum atomic E-state index is 9.40. The summed E-state index contributed by atoms with van der Waals surface area (Å²) in [6.07, 6.45) is 10.3. The van der Waals surface area contributed by atoms with Crippen LogP contribution in [0.25, 0.3) is 0 Å². The fourth-order valence-electron chi connectivity index (χ4n) is 2.33. The van der Waals surface area contributed by atoms with E-state index in [9.17, 15) is 5.11 Å². The highest BCUT2D eigenvalue weighted by Gasteiger charge is 2.06. The molecule has 0 aliphatic carbocycles. The molecule has 0 amide bonds. The van der Waals surface area contributed by atoms with Crippen LogP contribution in [0.2, 0.25) is 0 Å². The molecule has 2 nitrogen and oxygen atoms in total. The van der Waals surface area contributed by atoms with Crippen molar-refractivity contribution in [3.63, 3.8) is 0 Å². The summed E-state index contributed by atoms with van der Waals surface area (Å²) in [4.78, 5) is 0. The number of aliphatic hydroxyl groups is 1. The maximum Gasteiger partial charge on any atom is 0.0632 e. The zero-order valence-corrected chi connectivity index (χ0v) is 12.3. The van der Waals surface area contributed by atoms with E-state index < -0.39 is 0 Å². The normalized spacial score (nSPS) is 12.3. The lowest BCUT2D eigenvalue weighted by Crippen LogP contribution is -2.23. The predicted octanol–water partition coefficient (Wildman–Crippen LogP) is 4.60. The van der Waals surface area contributed by atoms with Crippen LogP contribution in [0.3, 0.4) is 0 Å². The van der Waals surface area contributed by atoms with Crippen LogP contribution < -0.4 is 5.32 Å². The van der Waals surface area contributed by atoms with Gasteiger partial charge in [-0.05, 0) is 18.6 Å². The molecule has 0 bridgehead atoms. The number of hydrogen-bond acceptors (Lipinski definition) is 2. The average Bonchev–Trinajstić information content (AvgIpc) is 2.46. The van der Waals surface area contributed by atoms with Crippen LogP contribution in [0.5, 0.6) is 0 Å². The van der Waals surface area contributed by atoms with Gasteiger partial charge in [0.2, 0.25) is 0 Å². The van der Waals surface area contributed by atoms with Gasteiger partial charge in [-0.15, -0.1) is 0 Å². The molecule has 1 rings (SSSR count). The molecule has 19 heavy (non-hydrogen) atoms. The molecule has 0 fully saturated rings. The summed E-state index contributed by atoms with van der Waals surface area (Å²) in [5, 5.41) is 12.8. The first-order valence-corrected chi connectivity index (χ1v) is 7.79. The molecule has 2 heteroatoms. The van der Waals surface area contributed by atoms with Crippen molar-refractivity contribution in [3.8, 4) is 0 Å². The summed E-state index contributed by atoms with van der Waals surface area (Å²) in [5.41, 5.74) is 1.10. The lowest BCUT2D eigenvalue weighted by molar-refractivity contribution is 0.266. The van der Waals surface area contributed by atoms with Crippen LogP contribution in [-0.4, -0.2) is 17.8 Å². The molecule has 1 aromatic rings. The monoisotopic (exact) mass is 263 g/mol. The van der Waals surface area contributed by atoms with Gasteiger partial charge < -0.3 is 10.4 Å². The van der Waals surface area contributed by atoms with Crippen molar-refractivity contribution in [2.45, 2.75) is 64.3 Å². The Morgan fingerprint density at radius 1 is 0.947 bits per heavy atom. The van der Waals surface area contributed by atoms with Crippen LogP contribution in [0.15, 0.2) is 30.3 Å². The topological polar surface area (TPSA) is 32.3 Å². The van der Waals surface area contributed by atoms with E-state index in [1.165, 1.54) is 44.9 Å². The Kier molecular flexibility index (Phi) is 9.17. The smallest absolute Gasteiger partial charge is 0.0632 e. The molecule has 0 heterocycles. The first-order valence-electron chi connectivity index (χ1n) is 7.79. The van der Waals surface area contributed by atoms with E-state index in [1.54, 1.807) is 0 Å². The highest BCUT2D eigenvalue weighted by molar-refractivity contribution is 5.43. The molecule has 2 N–H and O–H groups in total. The summed E-state index contributed by atoms with van der Waals surface area (Å²) >= 11 is 0. The SMILES string of the molecule is CCCCCCCCCC(CO)Nc1ccccc1.